The minimum absolute atomic E-state index is 0.573. The van der Waals surface area contributed by atoms with Gasteiger partial charge in [-0.3, -0.25) is 0 Å². The zero-order valence-electron chi connectivity index (χ0n) is 8.31. The molecular formula is C10H21NO. The summed E-state index contributed by atoms with van der Waals surface area (Å²) in [6.45, 7) is 10.5. The topological polar surface area (TPSA) is 21.3 Å². The molecule has 0 saturated heterocycles. The number of ether oxygens (including phenoxy) is 1. The van der Waals surface area contributed by atoms with E-state index < -0.39 is 0 Å². The van der Waals surface area contributed by atoms with Crippen molar-refractivity contribution in [3.05, 3.63) is 12.7 Å². The summed E-state index contributed by atoms with van der Waals surface area (Å²) in [6, 6.07) is 0.573. The first kappa shape index (κ1) is 11.7. The van der Waals surface area contributed by atoms with Crippen LogP contribution in [0.2, 0.25) is 0 Å². The van der Waals surface area contributed by atoms with Gasteiger partial charge in [0.05, 0.1) is 6.61 Å². The van der Waals surface area contributed by atoms with Crippen molar-refractivity contribution in [3.63, 3.8) is 0 Å². The highest BCUT2D eigenvalue weighted by atomic mass is 16.5. The van der Waals surface area contributed by atoms with Crippen LogP contribution < -0.4 is 5.32 Å². The molecule has 0 saturated carbocycles. The number of nitrogens with one attached hydrogen (secondary N) is 1. The molecule has 1 unspecified atom stereocenters. The molecule has 0 rings (SSSR count). The van der Waals surface area contributed by atoms with Crippen molar-refractivity contribution in [2.24, 2.45) is 0 Å². The summed E-state index contributed by atoms with van der Waals surface area (Å²) >= 11 is 0. The fourth-order valence-electron chi connectivity index (χ4n) is 0.992. The van der Waals surface area contributed by atoms with Gasteiger partial charge < -0.3 is 10.1 Å². The monoisotopic (exact) mass is 171 g/mol. The highest BCUT2D eigenvalue weighted by Crippen LogP contribution is 1.95. The minimum Gasteiger partial charge on any atom is -0.380 e. The average molecular weight is 171 g/mol. The first-order chi connectivity index (χ1) is 5.81. The van der Waals surface area contributed by atoms with Gasteiger partial charge in [-0.05, 0) is 26.7 Å². The van der Waals surface area contributed by atoms with E-state index in [1.54, 1.807) is 0 Å². The van der Waals surface area contributed by atoms with Crippen molar-refractivity contribution in [2.45, 2.75) is 32.7 Å². The van der Waals surface area contributed by atoms with Crippen molar-refractivity contribution in [3.8, 4) is 0 Å². The summed E-state index contributed by atoms with van der Waals surface area (Å²) in [5.74, 6) is 0. The molecule has 0 bridgehead atoms. The SMILES string of the molecule is C=CCCC(C)NCCOCC. The van der Waals surface area contributed by atoms with Gasteiger partial charge in [0.25, 0.3) is 0 Å². The Labute approximate surface area is 76.0 Å². The third-order valence-corrected chi connectivity index (χ3v) is 1.75. The fraction of sp³-hybridized carbons (Fsp3) is 0.800. The van der Waals surface area contributed by atoms with Crippen LogP contribution in [0.1, 0.15) is 26.7 Å². The smallest absolute Gasteiger partial charge is 0.0590 e. The molecule has 12 heavy (non-hydrogen) atoms. The van der Waals surface area contributed by atoms with Crippen molar-refractivity contribution in [2.75, 3.05) is 19.8 Å². The Bertz CT molecular complexity index is 104. The Morgan fingerprint density at radius 3 is 2.92 bits per heavy atom. The fourth-order valence-corrected chi connectivity index (χ4v) is 0.992. The van der Waals surface area contributed by atoms with Crippen LogP contribution in [0.3, 0.4) is 0 Å². The van der Waals surface area contributed by atoms with Gasteiger partial charge in [-0.2, -0.15) is 0 Å². The lowest BCUT2D eigenvalue weighted by Crippen LogP contribution is -2.29. The van der Waals surface area contributed by atoms with E-state index in [0.29, 0.717) is 6.04 Å². The van der Waals surface area contributed by atoms with Crippen LogP contribution in [0.15, 0.2) is 12.7 Å². The first-order valence-corrected chi connectivity index (χ1v) is 4.73. The van der Waals surface area contributed by atoms with Gasteiger partial charge in [-0.1, -0.05) is 6.08 Å². The number of hydrogen-bond donors (Lipinski definition) is 1. The molecule has 0 aliphatic heterocycles. The maximum absolute atomic E-state index is 5.21. The zero-order chi connectivity index (χ0) is 9.23. The molecule has 0 aliphatic carbocycles. The first-order valence-electron chi connectivity index (χ1n) is 4.73. The van der Waals surface area contributed by atoms with Crippen LogP contribution in [0.25, 0.3) is 0 Å². The largest absolute Gasteiger partial charge is 0.380 e. The summed E-state index contributed by atoms with van der Waals surface area (Å²) < 4.78 is 5.21. The van der Waals surface area contributed by atoms with Crippen LogP contribution in [-0.2, 0) is 4.74 Å². The normalized spacial score (nSPS) is 12.8. The minimum atomic E-state index is 0.573. The standard InChI is InChI=1S/C10H21NO/c1-4-6-7-10(3)11-8-9-12-5-2/h4,10-11H,1,5-9H2,2-3H3. The third-order valence-electron chi connectivity index (χ3n) is 1.75. The molecule has 0 aromatic carbocycles. The van der Waals surface area contributed by atoms with Crippen LogP contribution in [0.5, 0.6) is 0 Å². The van der Waals surface area contributed by atoms with E-state index in [1.807, 2.05) is 13.0 Å². The van der Waals surface area contributed by atoms with Crippen molar-refractivity contribution in [1.29, 1.82) is 0 Å². The predicted octanol–water partition coefficient (Wildman–Crippen LogP) is 1.97. The number of allylic oxidation sites excluding steroid dienone is 1. The van der Waals surface area contributed by atoms with Crippen LogP contribution >= 0.6 is 0 Å². The van der Waals surface area contributed by atoms with Gasteiger partial charge in [-0.25, -0.2) is 0 Å². The molecular weight excluding hydrogens is 150 g/mol. The molecule has 0 amide bonds. The third kappa shape index (κ3) is 7.76. The van der Waals surface area contributed by atoms with Gasteiger partial charge in [0.15, 0.2) is 0 Å². The second kappa shape index (κ2) is 8.75. The van der Waals surface area contributed by atoms with Crippen LogP contribution in [0.4, 0.5) is 0 Å². The number of rotatable bonds is 8. The second-order valence-electron chi connectivity index (χ2n) is 2.92. The van der Waals surface area contributed by atoms with E-state index in [-0.39, 0.29) is 0 Å². The molecule has 1 atom stereocenters. The van der Waals surface area contributed by atoms with Crippen molar-refractivity contribution < 1.29 is 4.74 Å². The highest BCUT2D eigenvalue weighted by Gasteiger charge is 1.97. The lowest BCUT2D eigenvalue weighted by atomic mass is 10.2. The summed E-state index contributed by atoms with van der Waals surface area (Å²) in [4.78, 5) is 0. The van der Waals surface area contributed by atoms with Crippen LogP contribution in [-0.4, -0.2) is 25.8 Å². The molecule has 2 heteroatoms. The van der Waals surface area contributed by atoms with Crippen LogP contribution in [0, 0.1) is 0 Å². The van der Waals surface area contributed by atoms with E-state index in [9.17, 15) is 0 Å². The summed E-state index contributed by atoms with van der Waals surface area (Å²) in [5.41, 5.74) is 0. The van der Waals surface area contributed by atoms with Gasteiger partial charge in [0, 0.05) is 19.2 Å². The van der Waals surface area contributed by atoms with Gasteiger partial charge in [0.1, 0.15) is 0 Å². The van der Waals surface area contributed by atoms with E-state index in [2.05, 4.69) is 18.8 Å². The Morgan fingerprint density at radius 1 is 1.58 bits per heavy atom. The molecule has 1 N–H and O–H groups in total. The predicted molar refractivity (Wildman–Crippen MR) is 53.4 cm³/mol. The van der Waals surface area contributed by atoms with E-state index >= 15 is 0 Å². The van der Waals surface area contributed by atoms with E-state index in [1.165, 1.54) is 0 Å². The molecule has 72 valence electrons. The molecule has 0 aliphatic rings. The lowest BCUT2D eigenvalue weighted by Gasteiger charge is -2.11. The quantitative estimate of drug-likeness (QED) is 0.445. The Balaban J connectivity index is 3.07. The Kier molecular flexibility index (Phi) is 8.51. The van der Waals surface area contributed by atoms with Gasteiger partial charge >= 0.3 is 0 Å². The molecule has 0 fully saturated rings. The maximum atomic E-state index is 5.21. The van der Waals surface area contributed by atoms with E-state index in [0.717, 1.165) is 32.6 Å². The average Bonchev–Trinajstić information content (AvgIpc) is 2.09. The van der Waals surface area contributed by atoms with Gasteiger partial charge in [0.2, 0.25) is 0 Å². The Hall–Kier alpha value is -0.340. The molecule has 0 spiro atoms. The molecule has 0 heterocycles. The Morgan fingerprint density at radius 2 is 2.33 bits per heavy atom. The summed E-state index contributed by atoms with van der Waals surface area (Å²) in [5, 5.41) is 3.38. The van der Waals surface area contributed by atoms with Crippen molar-refractivity contribution in [1.82, 2.24) is 5.32 Å². The maximum Gasteiger partial charge on any atom is 0.0590 e. The number of hydrogen-bond acceptors (Lipinski definition) is 2. The second-order valence-corrected chi connectivity index (χ2v) is 2.92. The van der Waals surface area contributed by atoms with E-state index in [4.69, 9.17) is 4.74 Å². The van der Waals surface area contributed by atoms with Crippen molar-refractivity contribution >= 4 is 0 Å². The molecule has 2 nitrogen and oxygen atoms in total. The molecule has 0 aromatic heterocycles. The zero-order valence-corrected chi connectivity index (χ0v) is 8.31. The lowest BCUT2D eigenvalue weighted by molar-refractivity contribution is 0.147. The highest BCUT2D eigenvalue weighted by molar-refractivity contribution is 4.70. The summed E-state index contributed by atoms with van der Waals surface area (Å²) in [7, 11) is 0. The van der Waals surface area contributed by atoms with Gasteiger partial charge in [-0.15, -0.1) is 6.58 Å². The molecule has 0 radical (unpaired) electrons. The molecule has 0 aromatic rings. The summed E-state index contributed by atoms with van der Waals surface area (Å²) in [6.07, 6.45) is 4.21.